The summed E-state index contributed by atoms with van der Waals surface area (Å²) in [7, 11) is -2.13. The Hall–Kier alpha value is -3.58. The number of methoxy groups -OCH3 is 1. The van der Waals surface area contributed by atoms with Crippen LogP contribution in [0.3, 0.4) is 0 Å². The van der Waals surface area contributed by atoms with Crippen molar-refractivity contribution < 1.29 is 13.2 Å². The molecular formula is C24H21N3O3S. The van der Waals surface area contributed by atoms with Gasteiger partial charge in [0.05, 0.1) is 35.6 Å². The molecule has 7 heteroatoms. The second kappa shape index (κ2) is 7.28. The van der Waals surface area contributed by atoms with Crippen LogP contribution in [0.4, 0.5) is 5.69 Å². The molecule has 0 bridgehead atoms. The Kier molecular flexibility index (Phi) is 4.55. The summed E-state index contributed by atoms with van der Waals surface area (Å²) in [6, 6.07) is 22.0. The third-order valence-corrected chi connectivity index (χ3v) is 7.36. The topological polar surface area (TPSA) is 75.3 Å². The Morgan fingerprint density at radius 1 is 0.968 bits per heavy atom. The lowest BCUT2D eigenvalue weighted by molar-refractivity contribution is 0.415. The highest BCUT2D eigenvalue weighted by Gasteiger charge is 2.34. The average molecular weight is 432 g/mol. The Morgan fingerprint density at radius 2 is 1.68 bits per heavy atom. The van der Waals surface area contributed by atoms with Gasteiger partial charge >= 0.3 is 0 Å². The van der Waals surface area contributed by atoms with Crippen molar-refractivity contribution in [3.63, 3.8) is 0 Å². The molecule has 0 unspecified atom stereocenters. The molecular weight excluding hydrogens is 410 g/mol. The summed E-state index contributed by atoms with van der Waals surface area (Å²) in [4.78, 5) is 0.269. The quantitative estimate of drug-likeness (QED) is 0.505. The molecule has 1 aromatic heterocycles. The molecule has 6 nitrogen and oxygen atoms in total. The number of nitrogens with one attached hydrogen (secondary N) is 1. The fourth-order valence-electron chi connectivity index (χ4n) is 3.91. The van der Waals surface area contributed by atoms with E-state index in [9.17, 15) is 8.42 Å². The molecule has 1 aliphatic rings. The van der Waals surface area contributed by atoms with Gasteiger partial charge in [-0.3, -0.25) is 9.40 Å². The zero-order chi connectivity index (χ0) is 21.6. The third kappa shape index (κ3) is 3.18. The summed E-state index contributed by atoms with van der Waals surface area (Å²) in [5, 5.41) is 7.66. The van der Waals surface area contributed by atoms with Crippen LogP contribution in [0.25, 0.3) is 22.5 Å². The molecule has 1 aliphatic heterocycles. The van der Waals surface area contributed by atoms with Crippen molar-refractivity contribution in [2.75, 3.05) is 11.4 Å². The van der Waals surface area contributed by atoms with Gasteiger partial charge in [-0.1, -0.05) is 35.9 Å². The smallest absolute Gasteiger partial charge is 0.264 e. The van der Waals surface area contributed by atoms with Crippen molar-refractivity contribution >= 4 is 15.7 Å². The lowest BCUT2D eigenvalue weighted by Gasteiger charge is -2.30. The van der Waals surface area contributed by atoms with E-state index in [-0.39, 0.29) is 11.4 Å². The van der Waals surface area contributed by atoms with Crippen molar-refractivity contribution in [2.24, 2.45) is 0 Å². The Labute approximate surface area is 181 Å². The highest BCUT2D eigenvalue weighted by Crippen LogP contribution is 2.43. The van der Waals surface area contributed by atoms with Crippen LogP contribution < -0.4 is 9.04 Å². The molecule has 4 aromatic rings. The molecule has 31 heavy (non-hydrogen) atoms. The van der Waals surface area contributed by atoms with E-state index in [1.807, 2.05) is 67.6 Å². The third-order valence-electron chi connectivity index (χ3n) is 5.58. The van der Waals surface area contributed by atoms with Crippen LogP contribution in [0.5, 0.6) is 5.75 Å². The molecule has 0 radical (unpaired) electrons. The number of hydrogen-bond acceptors (Lipinski definition) is 4. The van der Waals surface area contributed by atoms with Crippen LogP contribution in [0.1, 0.15) is 11.1 Å². The summed E-state index contributed by atoms with van der Waals surface area (Å²) in [6.07, 6.45) is 0. The summed E-state index contributed by atoms with van der Waals surface area (Å²) in [5.41, 5.74) is 5.78. The van der Waals surface area contributed by atoms with Gasteiger partial charge in [-0.15, -0.1) is 0 Å². The van der Waals surface area contributed by atoms with Crippen LogP contribution in [-0.2, 0) is 16.6 Å². The molecule has 1 N–H and O–H groups in total. The number of hydrogen-bond donors (Lipinski definition) is 1. The van der Waals surface area contributed by atoms with Gasteiger partial charge in [-0.25, -0.2) is 8.42 Å². The minimum absolute atomic E-state index is 0.195. The highest BCUT2D eigenvalue weighted by atomic mass is 32.2. The molecule has 0 spiro atoms. The number of rotatable bonds is 4. The van der Waals surface area contributed by atoms with Crippen LogP contribution in [-0.4, -0.2) is 25.7 Å². The number of nitrogens with zero attached hydrogens (tertiary/aromatic N) is 2. The first-order chi connectivity index (χ1) is 15.0. The number of fused-ring (bicyclic) bond motifs is 3. The monoisotopic (exact) mass is 431 g/mol. The van der Waals surface area contributed by atoms with Gasteiger partial charge in [0.15, 0.2) is 0 Å². The van der Waals surface area contributed by atoms with Crippen LogP contribution >= 0.6 is 0 Å². The molecule has 0 saturated heterocycles. The van der Waals surface area contributed by atoms with Crippen LogP contribution in [0, 0.1) is 6.92 Å². The maximum Gasteiger partial charge on any atom is 0.264 e. The SMILES string of the molecule is COc1ccc(-c2n[nH]c3c2CN(S(=O)(=O)c2ccc(C)cc2)c2ccccc2-3)cc1. The number of anilines is 1. The molecule has 0 atom stereocenters. The van der Waals surface area contributed by atoms with E-state index in [2.05, 4.69) is 10.2 Å². The minimum Gasteiger partial charge on any atom is -0.497 e. The van der Waals surface area contributed by atoms with Crippen molar-refractivity contribution in [3.05, 3.63) is 83.9 Å². The number of para-hydroxylation sites is 1. The Morgan fingerprint density at radius 3 is 2.39 bits per heavy atom. The second-order valence-corrected chi connectivity index (χ2v) is 9.36. The standard InChI is InChI=1S/C24H21N3O3S/c1-16-7-13-19(14-8-16)31(28,29)27-15-21-23(17-9-11-18(30-2)12-10-17)25-26-24(21)20-5-3-4-6-22(20)27/h3-14H,15H2,1-2H3,(H,25,26). The predicted octanol–water partition coefficient (Wildman–Crippen LogP) is 4.77. The number of H-pyrrole nitrogens is 1. The van der Waals surface area contributed by atoms with E-state index in [1.54, 1.807) is 19.2 Å². The zero-order valence-electron chi connectivity index (χ0n) is 17.2. The molecule has 5 rings (SSSR count). The molecule has 2 heterocycles. The van der Waals surface area contributed by atoms with Gasteiger partial charge in [-0.2, -0.15) is 5.10 Å². The molecule has 0 aliphatic carbocycles. The summed E-state index contributed by atoms with van der Waals surface area (Å²) < 4.78 is 33.9. The van der Waals surface area contributed by atoms with E-state index in [0.29, 0.717) is 5.69 Å². The molecule has 156 valence electrons. The molecule has 0 fully saturated rings. The van der Waals surface area contributed by atoms with Crippen LogP contribution in [0.15, 0.2) is 77.7 Å². The van der Waals surface area contributed by atoms with E-state index in [0.717, 1.165) is 39.4 Å². The van der Waals surface area contributed by atoms with Gasteiger partial charge in [0, 0.05) is 16.7 Å². The van der Waals surface area contributed by atoms with E-state index in [4.69, 9.17) is 4.74 Å². The number of benzene rings is 3. The molecule has 0 amide bonds. The maximum atomic E-state index is 13.6. The predicted molar refractivity (Wildman–Crippen MR) is 121 cm³/mol. The highest BCUT2D eigenvalue weighted by molar-refractivity contribution is 7.92. The Bertz CT molecular complexity index is 1360. The van der Waals surface area contributed by atoms with Gasteiger partial charge < -0.3 is 4.74 Å². The second-order valence-electron chi connectivity index (χ2n) is 7.50. The van der Waals surface area contributed by atoms with Gasteiger partial charge in [0.2, 0.25) is 0 Å². The molecule has 0 saturated carbocycles. The van der Waals surface area contributed by atoms with E-state index < -0.39 is 10.0 Å². The maximum absolute atomic E-state index is 13.6. The first-order valence-corrected chi connectivity index (χ1v) is 11.3. The van der Waals surface area contributed by atoms with Crippen molar-refractivity contribution in [1.29, 1.82) is 0 Å². The fourth-order valence-corrected chi connectivity index (χ4v) is 5.36. The van der Waals surface area contributed by atoms with Crippen molar-refractivity contribution in [1.82, 2.24) is 10.2 Å². The van der Waals surface area contributed by atoms with Gasteiger partial charge in [0.25, 0.3) is 10.0 Å². The number of ether oxygens (including phenoxy) is 1. The number of aromatic amines is 1. The minimum atomic E-state index is -3.75. The lowest BCUT2D eigenvalue weighted by atomic mass is 9.97. The van der Waals surface area contributed by atoms with Gasteiger partial charge in [-0.05, 0) is 49.4 Å². The number of sulfonamides is 1. The van der Waals surface area contributed by atoms with Crippen molar-refractivity contribution in [3.8, 4) is 28.3 Å². The van der Waals surface area contributed by atoms with Crippen molar-refractivity contribution in [2.45, 2.75) is 18.4 Å². The normalized spacial score (nSPS) is 12.9. The summed E-state index contributed by atoms with van der Waals surface area (Å²) >= 11 is 0. The lowest BCUT2D eigenvalue weighted by Crippen LogP contribution is -2.33. The van der Waals surface area contributed by atoms with Crippen LogP contribution in [0.2, 0.25) is 0 Å². The zero-order valence-corrected chi connectivity index (χ0v) is 18.0. The van der Waals surface area contributed by atoms with E-state index >= 15 is 0 Å². The first-order valence-electron chi connectivity index (χ1n) is 9.89. The largest absolute Gasteiger partial charge is 0.497 e. The van der Waals surface area contributed by atoms with E-state index in [1.165, 1.54) is 4.31 Å². The number of aromatic nitrogens is 2. The first kappa shape index (κ1) is 19.4. The summed E-state index contributed by atoms with van der Waals surface area (Å²) in [6.45, 7) is 2.13. The summed E-state index contributed by atoms with van der Waals surface area (Å²) in [5.74, 6) is 0.752. The number of aryl methyl sites for hydroxylation is 1. The average Bonchev–Trinajstić information content (AvgIpc) is 3.23. The van der Waals surface area contributed by atoms with Gasteiger partial charge in [0.1, 0.15) is 5.75 Å². The fraction of sp³-hybridized carbons (Fsp3) is 0.125. The molecule has 3 aromatic carbocycles. The Balaban J connectivity index is 1.65.